The third-order valence-electron chi connectivity index (χ3n) is 4.54. The van der Waals surface area contributed by atoms with E-state index in [-0.39, 0.29) is 24.2 Å². The van der Waals surface area contributed by atoms with E-state index >= 15 is 0 Å². The van der Waals surface area contributed by atoms with Gasteiger partial charge in [0.25, 0.3) is 11.6 Å². The SMILES string of the molecule is O=C(c1ccc(-n2ccnc2)c([N+](=O)[O-])c1)N1CCCC1CCCO. The van der Waals surface area contributed by atoms with E-state index in [1.165, 1.54) is 12.4 Å². The van der Waals surface area contributed by atoms with Crippen molar-refractivity contribution in [3.8, 4) is 5.69 Å². The molecule has 0 saturated carbocycles. The summed E-state index contributed by atoms with van der Waals surface area (Å²) in [5.74, 6) is -0.194. The van der Waals surface area contributed by atoms with Gasteiger partial charge in [0.1, 0.15) is 5.69 Å². The van der Waals surface area contributed by atoms with Gasteiger partial charge in [0.05, 0.1) is 11.3 Å². The zero-order valence-corrected chi connectivity index (χ0v) is 13.7. The number of carbonyl (C=O) groups excluding carboxylic acids is 1. The van der Waals surface area contributed by atoms with E-state index in [9.17, 15) is 14.9 Å². The monoisotopic (exact) mass is 344 g/mol. The summed E-state index contributed by atoms with van der Waals surface area (Å²) in [6.45, 7) is 0.746. The predicted octanol–water partition coefficient (Wildman–Crippen LogP) is 2.16. The van der Waals surface area contributed by atoms with Gasteiger partial charge in [-0.25, -0.2) is 4.98 Å². The van der Waals surface area contributed by atoms with E-state index in [2.05, 4.69) is 4.98 Å². The lowest BCUT2D eigenvalue weighted by Crippen LogP contribution is -2.35. The molecule has 1 amide bonds. The van der Waals surface area contributed by atoms with Crippen LogP contribution in [0.3, 0.4) is 0 Å². The summed E-state index contributed by atoms with van der Waals surface area (Å²) < 4.78 is 1.55. The summed E-state index contributed by atoms with van der Waals surface area (Å²) in [7, 11) is 0. The van der Waals surface area contributed by atoms with Gasteiger partial charge in [0.2, 0.25) is 0 Å². The molecule has 0 radical (unpaired) electrons. The molecule has 2 heterocycles. The van der Waals surface area contributed by atoms with Gasteiger partial charge >= 0.3 is 0 Å². The second-order valence-corrected chi connectivity index (χ2v) is 6.09. The summed E-state index contributed by atoms with van der Waals surface area (Å²) in [5, 5.41) is 20.4. The number of carbonyl (C=O) groups is 1. The molecule has 1 aliphatic rings. The summed E-state index contributed by atoms with van der Waals surface area (Å²) in [6, 6.07) is 4.61. The number of nitrogens with zero attached hydrogens (tertiary/aromatic N) is 4. The van der Waals surface area contributed by atoms with Crippen LogP contribution in [0, 0.1) is 10.1 Å². The first-order valence-electron chi connectivity index (χ1n) is 8.30. The highest BCUT2D eigenvalue weighted by atomic mass is 16.6. The zero-order chi connectivity index (χ0) is 17.8. The number of aromatic nitrogens is 2. The first kappa shape index (κ1) is 17.1. The molecule has 2 aromatic rings. The van der Waals surface area contributed by atoms with Crippen molar-refractivity contribution in [3.05, 3.63) is 52.6 Å². The van der Waals surface area contributed by atoms with E-state index in [4.69, 9.17) is 5.11 Å². The first-order valence-corrected chi connectivity index (χ1v) is 8.30. The lowest BCUT2D eigenvalue weighted by Gasteiger charge is -2.24. The molecule has 1 aromatic carbocycles. The van der Waals surface area contributed by atoms with E-state index in [1.54, 1.807) is 34.0 Å². The Labute approximate surface area is 144 Å². The van der Waals surface area contributed by atoms with Crippen LogP contribution < -0.4 is 0 Å². The van der Waals surface area contributed by atoms with Crippen LogP contribution in [0.1, 0.15) is 36.0 Å². The number of benzene rings is 1. The zero-order valence-electron chi connectivity index (χ0n) is 13.7. The Balaban J connectivity index is 1.88. The lowest BCUT2D eigenvalue weighted by atomic mass is 10.1. The van der Waals surface area contributed by atoms with Crippen molar-refractivity contribution in [2.45, 2.75) is 31.7 Å². The lowest BCUT2D eigenvalue weighted by molar-refractivity contribution is -0.384. The van der Waals surface area contributed by atoms with Gasteiger partial charge in [-0.1, -0.05) is 0 Å². The summed E-state index contributed by atoms with van der Waals surface area (Å²) >= 11 is 0. The van der Waals surface area contributed by atoms with E-state index in [0.29, 0.717) is 24.2 Å². The van der Waals surface area contributed by atoms with Crippen LogP contribution in [0.5, 0.6) is 0 Å². The minimum absolute atomic E-state index is 0.0898. The van der Waals surface area contributed by atoms with Crippen molar-refractivity contribution in [2.24, 2.45) is 0 Å². The maximum Gasteiger partial charge on any atom is 0.294 e. The minimum Gasteiger partial charge on any atom is -0.396 e. The van der Waals surface area contributed by atoms with Gasteiger partial charge in [0, 0.05) is 43.2 Å². The van der Waals surface area contributed by atoms with Crippen LogP contribution in [-0.4, -0.2) is 49.6 Å². The fourth-order valence-electron chi connectivity index (χ4n) is 3.32. The molecule has 0 aliphatic carbocycles. The third kappa shape index (κ3) is 3.53. The molecular formula is C17H20N4O4. The van der Waals surface area contributed by atoms with Gasteiger partial charge < -0.3 is 14.6 Å². The van der Waals surface area contributed by atoms with Gasteiger partial charge in [-0.3, -0.25) is 14.9 Å². The topological polar surface area (TPSA) is 102 Å². The highest BCUT2D eigenvalue weighted by molar-refractivity contribution is 5.95. The van der Waals surface area contributed by atoms with Crippen molar-refractivity contribution in [2.75, 3.05) is 13.2 Å². The maximum atomic E-state index is 12.8. The average molecular weight is 344 g/mol. The van der Waals surface area contributed by atoms with Gasteiger partial charge in [0.15, 0.2) is 0 Å². The Kier molecular flexibility index (Phi) is 5.08. The molecule has 1 N–H and O–H groups in total. The first-order chi connectivity index (χ1) is 12.1. The molecule has 0 bridgehead atoms. The number of imidazole rings is 1. The number of aliphatic hydroxyl groups excluding tert-OH is 1. The minimum atomic E-state index is -0.487. The molecule has 1 aliphatic heterocycles. The van der Waals surface area contributed by atoms with E-state index < -0.39 is 4.92 Å². The Morgan fingerprint density at radius 2 is 2.28 bits per heavy atom. The normalized spacial score (nSPS) is 17.0. The largest absolute Gasteiger partial charge is 0.396 e. The van der Waals surface area contributed by atoms with Crippen molar-refractivity contribution < 1.29 is 14.8 Å². The number of hydrogen-bond acceptors (Lipinski definition) is 5. The van der Waals surface area contributed by atoms with Crippen molar-refractivity contribution >= 4 is 11.6 Å². The Bertz CT molecular complexity index is 760. The molecule has 8 nitrogen and oxygen atoms in total. The summed E-state index contributed by atoms with van der Waals surface area (Å²) in [6.07, 6.45) is 7.85. The standard InChI is InChI=1S/C17H20N4O4/c22-10-2-4-14-3-1-8-20(14)17(23)13-5-6-15(16(11-13)21(24)25)19-9-7-18-12-19/h5-7,9,11-12,14,22H,1-4,8,10H2. The van der Waals surface area contributed by atoms with Gasteiger partial charge in [-0.15, -0.1) is 0 Å². The number of likely N-dealkylation sites (tertiary alicyclic amines) is 1. The van der Waals surface area contributed by atoms with Crippen LogP contribution in [0.25, 0.3) is 5.69 Å². The van der Waals surface area contributed by atoms with Gasteiger partial charge in [-0.05, 0) is 37.8 Å². The molecular weight excluding hydrogens is 324 g/mol. The maximum absolute atomic E-state index is 12.8. The smallest absolute Gasteiger partial charge is 0.294 e. The predicted molar refractivity (Wildman–Crippen MR) is 90.6 cm³/mol. The van der Waals surface area contributed by atoms with Crippen LogP contribution in [-0.2, 0) is 0 Å². The second-order valence-electron chi connectivity index (χ2n) is 6.09. The van der Waals surface area contributed by atoms with Crippen molar-refractivity contribution in [1.82, 2.24) is 14.5 Å². The molecule has 1 unspecified atom stereocenters. The van der Waals surface area contributed by atoms with E-state index in [1.807, 2.05) is 0 Å². The fraction of sp³-hybridized carbons (Fsp3) is 0.412. The fourth-order valence-corrected chi connectivity index (χ4v) is 3.32. The number of aliphatic hydroxyl groups is 1. The highest BCUT2D eigenvalue weighted by Crippen LogP contribution is 2.28. The molecule has 1 atom stereocenters. The van der Waals surface area contributed by atoms with E-state index in [0.717, 1.165) is 19.3 Å². The Morgan fingerprint density at radius 1 is 1.44 bits per heavy atom. The summed E-state index contributed by atoms with van der Waals surface area (Å²) in [4.78, 5) is 29.4. The van der Waals surface area contributed by atoms with Crippen molar-refractivity contribution in [1.29, 1.82) is 0 Å². The molecule has 8 heteroatoms. The van der Waals surface area contributed by atoms with Gasteiger partial charge in [-0.2, -0.15) is 0 Å². The Morgan fingerprint density at radius 3 is 2.96 bits per heavy atom. The number of hydrogen-bond donors (Lipinski definition) is 1. The molecule has 1 saturated heterocycles. The van der Waals surface area contributed by atoms with Crippen LogP contribution in [0.15, 0.2) is 36.9 Å². The van der Waals surface area contributed by atoms with Crippen LogP contribution in [0.4, 0.5) is 5.69 Å². The van der Waals surface area contributed by atoms with Crippen LogP contribution >= 0.6 is 0 Å². The molecule has 0 spiro atoms. The molecule has 1 fully saturated rings. The molecule has 1 aromatic heterocycles. The number of rotatable bonds is 6. The summed E-state index contributed by atoms with van der Waals surface area (Å²) in [5.41, 5.74) is 0.554. The molecule has 132 valence electrons. The highest BCUT2D eigenvalue weighted by Gasteiger charge is 2.30. The van der Waals surface area contributed by atoms with Crippen LogP contribution in [0.2, 0.25) is 0 Å². The Hall–Kier alpha value is -2.74. The number of amides is 1. The number of nitro benzene ring substituents is 1. The van der Waals surface area contributed by atoms with Crippen molar-refractivity contribution in [3.63, 3.8) is 0 Å². The quantitative estimate of drug-likeness (QED) is 0.639. The average Bonchev–Trinajstić information content (AvgIpc) is 3.30. The number of nitro groups is 1. The molecule has 3 rings (SSSR count). The molecule has 25 heavy (non-hydrogen) atoms. The second kappa shape index (κ2) is 7.43. The third-order valence-corrected chi connectivity index (χ3v) is 4.54.